The van der Waals surface area contributed by atoms with Crippen LogP contribution in [0.15, 0.2) is 12.1 Å². The van der Waals surface area contributed by atoms with Crippen molar-refractivity contribution in [3.63, 3.8) is 0 Å². The molecule has 0 aromatic carbocycles. The van der Waals surface area contributed by atoms with Gasteiger partial charge in [0.1, 0.15) is 11.9 Å². The molecule has 154 valence electrons. The van der Waals surface area contributed by atoms with Crippen molar-refractivity contribution >= 4 is 11.9 Å². The standard InChI is InChI=1S/C21H32N4O3/c1-20(2)5-7-25(8-6-20)16-9-13(21(3,4)24-19(26)27)10-17(23-16)28-18-14-11-22-12-15(14)18/h9-10,14-15,18,22,24H,5-8,11-12H2,1-4H3,(H,26,27)/t14-,15+,18-. The summed E-state index contributed by atoms with van der Waals surface area (Å²) in [7, 11) is 0. The predicted molar refractivity (Wildman–Crippen MR) is 108 cm³/mol. The van der Waals surface area contributed by atoms with Crippen LogP contribution in [0.1, 0.15) is 46.1 Å². The van der Waals surface area contributed by atoms with Crippen LogP contribution in [0.4, 0.5) is 10.6 Å². The molecule has 4 rings (SSSR count). The van der Waals surface area contributed by atoms with E-state index in [0.29, 0.717) is 23.1 Å². The first kappa shape index (κ1) is 19.3. The van der Waals surface area contributed by atoms with Crippen molar-refractivity contribution in [3.8, 4) is 5.88 Å². The van der Waals surface area contributed by atoms with Crippen LogP contribution in [0.5, 0.6) is 5.88 Å². The maximum atomic E-state index is 11.3. The van der Waals surface area contributed by atoms with Crippen molar-refractivity contribution < 1.29 is 14.6 Å². The minimum absolute atomic E-state index is 0.229. The largest absolute Gasteiger partial charge is 0.474 e. The Bertz CT molecular complexity index is 744. The zero-order chi connectivity index (χ0) is 20.1. The zero-order valence-electron chi connectivity index (χ0n) is 17.3. The number of amides is 1. The molecule has 0 bridgehead atoms. The smallest absolute Gasteiger partial charge is 0.405 e. The summed E-state index contributed by atoms with van der Waals surface area (Å²) in [5.74, 6) is 2.65. The number of nitrogens with one attached hydrogen (secondary N) is 2. The van der Waals surface area contributed by atoms with E-state index in [1.54, 1.807) is 0 Å². The second-order valence-electron chi connectivity index (χ2n) is 9.83. The monoisotopic (exact) mass is 388 g/mol. The van der Waals surface area contributed by atoms with E-state index in [1.165, 1.54) is 0 Å². The third kappa shape index (κ3) is 3.90. The van der Waals surface area contributed by atoms with Crippen molar-refractivity contribution in [2.24, 2.45) is 17.3 Å². The first-order valence-corrected chi connectivity index (χ1v) is 10.3. The van der Waals surface area contributed by atoms with Gasteiger partial charge in [0.25, 0.3) is 0 Å². The number of fused-ring (bicyclic) bond motifs is 1. The Kier molecular flexibility index (Phi) is 4.68. The molecule has 0 unspecified atom stereocenters. The average molecular weight is 389 g/mol. The van der Waals surface area contributed by atoms with Gasteiger partial charge in [0, 0.05) is 44.1 Å². The number of nitrogens with zero attached hydrogens (tertiary/aromatic N) is 2. The summed E-state index contributed by atoms with van der Waals surface area (Å²) < 4.78 is 6.25. The summed E-state index contributed by atoms with van der Waals surface area (Å²) in [4.78, 5) is 18.4. The number of carbonyl (C=O) groups is 1. The Labute approximate surface area is 166 Å². The Morgan fingerprint density at radius 3 is 2.54 bits per heavy atom. The van der Waals surface area contributed by atoms with Gasteiger partial charge in [-0.15, -0.1) is 0 Å². The molecule has 1 aromatic heterocycles. The fraction of sp³-hybridized carbons (Fsp3) is 0.714. The minimum Gasteiger partial charge on any atom is -0.474 e. The van der Waals surface area contributed by atoms with E-state index in [2.05, 4.69) is 29.4 Å². The summed E-state index contributed by atoms with van der Waals surface area (Å²) >= 11 is 0. The number of anilines is 1. The Morgan fingerprint density at radius 2 is 1.93 bits per heavy atom. The highest BCUT2D eigenvalue weighted by molar-refractivity contribution is 5.66. The van der Waals surface area contributed by atoms with E-state index in [0.717, 1.165) is 50.4 Å². The zero-order valence-corrected chi connectivity index (χ0v) is 17.3. The van der Waals surface area contributed by atoms with Crippen LogP contribution in [0.3, 0.4) is 0 Å². The molecule has 2 aliphatic heterocycles. The van der Waals surface area contributed by atoms with Crippen LogP contribution in [0.25, 0.3) is 0 Å². The SMILES string of the molecule is CC1(C)CCN(c2cc(C(C)(C)NC(=O)O)cc(O[C@@H]3[C@@H]4CNC[C@@H]43)n2)CC1. The van der Waals surface area contributed by atoms with Crippen LogP contribution in [-0.4, -0.2) is 48.5 Å². The molecule has 1 aromatic rings. The van der Waals surface area contributed by atoms with E-state index in [-0.39, 0.29) is 6.10 Å². The summed E-state index contributed by atoms with van der Waals surface area (Å²) in [5.41, 5.74) is 0.511. The predicted octanol–water partition coefficient (Wildman–Crippen LogP) is 2.81. The summed E-state index contributed by atoms with van der Waals surface area (Å²) in [5, 5.41) is 15.2. The number of rotatable bonds is 5. The molecule has 7 nitrogen and oxygen atoms in total. The van der Waals surface area contributed by atoms with Crippen molar-refractivity contribution in [3.05, 3.63) is 17.7 Å². The summed E-state index contributed by atoms with van der Waals surface area (Å²) in [6, 6.07) is 3.91. The molecule has 3 fully saturated rings. The first-order chi connectivity index (χ1) is 13.1. The number of carboxylic acid groups (broad SMARTS) is 1. The average Bonchev–Trinajstić information content (AvgIpc) is 3.01. The molecule has 28 heavy (non-hydrogen) atoms. The Balaban J connectivity index is 1.60. The summed E-state index contributed by atoms with van der Waals surface area (Å²) in [6.07, 6.45) is 1.43. The fourth-order valence-corrected chi connectivity index (χ4v) is 4.43. The molecular formula is C21H32N4O3. The lowest BCUT2D eigenvalue weighted by Crippen LogP contribution is -2.41. The lowest BCUT2D eigenvalue weighted by molar-refractivity contribution is 0.182. The lowest BCUT2D eigenvalue weighted by Gasteiger charge is -2.38. The van der Waals surface area contributed by atoms with Gasteiger partial charge in [-0.1, -0.05) is 13.8 Å². The van der Waals surface area contributed by atoms with E-state index in [1.807, 2.05) is 26.0 Å². The number of pyridine rings is 1. The maximum Gasteiger partial charge on any atom is 0.405 e. The van der Waals surface area contributed by atoms with E-state index in [9.17, 15) is 9.90 Å². The molecule has 0 spiro atoms. The fourth-order valence-electron chi connectivity index (χ4n) is 4.43. The van der Waals surface area contributed by atoms with Gasteiger partial charge in [-0.25, -0.2) is 4.79 Å². The number of piperidine rings is 2. The molecule has 3 atom stereocenters. The quantitative estimate of drug-likeness (QED) is 0.719. The highest BCUT2D eigenvalue weighted by Gasteiger charge is 2.55. The molecule has 1 aliphatic carbocycles. The van der Waals surface area contributed by atoms with Crippen LogP contribution in [-0.2, 0) is 5.54 Å². The van der Waals surface area contributed by atoms with Crippen LogP contribution in [0.2, 0.25) is 0 Å². The van der Waals surface area contributed by atoms with E-state index in [4.69, 9.17) is 9.72 Å². The van der Waals surface area contributed by atoms with Crippen molar-refractivity contribution in [2.75, 3.05) is 31.1 Å². The number of hydrogen-bond acceptors (Lipinski definition) is 5. The molecule has 3 aliphatic rings. The van der Waals surface area contributed by atoms with Gasteiger partial charge in [0.05, 0.1) is 5.54 Å². The first-order valence-electron chi connectivity index (χ1n) is 10.3. The Morgan fingerprint density at radius 1 is 1.29 bits per heavy atom. The molecule has 2 saturated heterocycles. The highest BCUT2D eigenvalue weighted by atomic mass is 16.5. The topological polar surface area (TPSA) is 86.7 Å². The van der Waals surface area contributed by atoms with Crippen molar-refractivity contribution in [1.29, 1.82) is 0 Å². The molecular weight excluding hydrogens is 356 g/mol. The van der Waals surface area contributed by atoms with Gasteiger partial charge in [-0.05, 0) is 43.7 Å². The van der Waals surface area contributed by atoms with Gasteiger partial charge in [0.15, 0.2) is 0 Å². The molecule has 1 amide bonds. The van der Waals surface area contributed by atoms with Gasteiger partial charge < -0.3 is 25.4 Å². The molecule has 0 radical (unpaired) electrons. The minimum atomic E-state index is -1.03. The molecule has 3 heterocycles. The van der Waals surface area contributed by atoms with E-state index < -0.39 is 11.6 Å². The van der Waals surface area contributed by atoms with Gasteiger partial charge >= 0.3 is 6.09 Å². The van der Waals surface area contributed by atoms with Crippen molar-refractivity contribution in [2.45, 2.75) is 52.2 Å². The molecule has 3 N–H and O–H groups in total. The molecule has 7 heteroatoms. The van der Waals surface area contributed by atoms with Crippen LogP contribution < -0.4 is 20.3 Å². The maximum absolute atomic E-state index is 11.3. The third-order valence-electron chi connectivity index (χ3n) is 6.64. The number of aromatic nitrogens is 1. The van der Waals surface area contributed by atoms with Crippen molar-refractivity contribution in [1.82, 2.24) is 15.6 Å². The van der Waals surface area contributed by atoms with Crippen LogP contribution in [0, 0.1) is 17.3 Å². The van der Waals surface area contributed by atoms with Gasteiger partial charge in [-0.2, -0.15) is 4.98 Å². The lowest BCUT2D eigenvalue weighted by atomic mass is 9.82. The second-order valence-corrected chi connectivity index (χ2v) is 9.83. The molecule has 1 saturated carbocycles. The summed E-state index contributed by atoms with van der Waals surface area (Å²) in [6.45, 7) is 12.3. The van der Waals surface area contributed by atoms with Gasteiger partial charge in [0.2, 0.25) is 5.88 Å². The van der Waals surface area contributed by atoms with Gasteiger partial charge in [-0.3, -0.25) is 0 Å². The second kappa shape index (κ2) is 6.79. The normalized spacial score (nSPS) is 28.6. The van der Waals surface area contributed by atoms with Crippen LogP contribution >= 0.6 is 0 Å². The third-order valence-corrected chi connectivity index (χ3v) is 6.64. The van der Waals surface area contributed by atoms with E-state index >= 15 is 0 Å². The highest BCUT2D eigenvalue weighted by Crippen LogP contribution is 2.45. The number of hydrogen-bond donors (Lipinski definition) is 3. The Hall–Kier alpha value is -2.02. The number of ether oxygens (including phenoxy) is 1.